The first-order valence-electron chi connectivity index (χ1n) is 7.62. The van der Waals surface area contributed by atoms with E-state index in [0.717, 1.165) is 30.3 Å². The van der Waals surface area contributed by atoms with Crippen LogP contribution in [0.5, 0.6) is 0 Å². The van der Waals surface area contributed by atoms with Gasteiger partial charge in [0.25, 0.3) is 0 Å². The maximum absolute atomic E-state index is 6.02. The van der Waals surface area contributed by atoms with Crippen molar-refractivity contribution in [2.75, 3.05) is 14.2 Å². The fourth-order valence-corrected chi connectivity index (χ4v) is 3.98. The van der Waals surface area contributed by atoms with Gasteiger partial charge in [-0.15, -0.1) is 0 Å². The van der Waals surface area contributed by atoms with Crippen LogP contribution in [0.1, 0.15) is 57.2 Å². The highest BCUT2D eigenvalue weighted by Crippen LogP contribution is 2.42. The minimum absolute atomic E-state index is 0.110. The number of aryl methyl sites for hydroxylation is 1. The summed E-state index contributed by atoms with van der Waals surface area (Å²) in [6.07, 6.45) is 9.00. The Hall–Kier alpha value is -0.390. The van der Waals surface area contributed by atoms with E-state index >= 15 is 0 Å². The van der Waals surface area contributed by atoms with E-state index in [9.17, 15) is 0 Å². The van der Waals surface area contributed by atoms with Crippen molar-refractivity contribution in [1.82, 2.24) is 15.1 Å². The Bertz CT molecular complexity index is 427. The van der Waals surface area contributed by atoms with E-state index < -0.39 is 0 Å². The fourth-order valence-electron chi connectivity index (χ4n) is 3.46. The average molecular weight is 344 g/mol. The highest BCUT2D eigenvalue weighted by atomic mass is 79.9. The van der Waals surface area contributed by atoms with Gasteiger partial charge >= 0.3 is 0 Å². The lowest BCUT2D eigenvalue weighted by molar-refractivity contribution is -0.0692. The summed E-state index contributed by atoms with van der Waals surface area (Å²) < 4.78 is 9.21. The van der Waals surface area contributed by atoms with Gasteiger partial charge < -0.3 is 10.1 Å². The van der Waals surface area contributed by atoms with Crippen molar-refractivity contribution in [2.45, 2.75) is 63.6 Å². The molecule has 1 atom stereocenters. The number of nitrogens with zero attached hydrogens (tertiary/aromatic N) is 2. The molecule has 1 fully saturated rings. The molecule has 5 heteroatoms. The van der Waals surface area contributed by atoms with E-state index in [0.29, 0.717) is 0 Å². The molecule has 0 bridgehead atoms. The van der Waals surface area contributed by atoms with Crippen LogP contribution in [0.2, 0.25) is 0 Å². The van der Waals surface area contributed by atoms with Crippen LogP contribution < -0.4 is 5.32 Å². The third-order valence-electron chi connectivity index (χ3n) is 4.46. The van der Waals surface area contributed by atoms with E-state index in [1.807, 2.05) is 20.4 Å². The lowest BCUT2D eigenvalue weighted by atomic mass is 9.78. The summed E-state index contributed by atoms with van der Waals surface area (Å²) in [6, 6.07) is 0.177. The number of ether oxygens (including phenoxy) is 1. The summed E-state index contributed by atoms with van der Waals surface area (Å²) >= 11 is 3.67. The molecule has 0 aliphatic heterocycles. The van der Waals surface area contributed by atoms with E-state index in [1.54, 1.807) is 0 Å². The molecule has 1 unspecified atom stereocenters. The molecule has 1 aromatic heterocycles. The molecule has 1 aliphatic carbocycles. The SMILES string of the molecule is CCCn1ncc(Br)c1C(NC)C1(OC)CCCCC1. The number of halogens is 1. The van der Waals surface area contributed by atoms with Gasteiger partial charge in [-0.05, 0) is 42.2 Å². The number of hydrogen-bond donors (Lipinski definition) is 1. The standard InChI is InChI=1S/C15H26BrN3O/c1-4-10-19-13(12(16)11-18-19)14(17-2)15(20-3)8-6-5-7-9-15/h11,14,17H,4-10H2,1-3H3. The molecule has 0 aromatic carbocycles. The van der Waals surface area contributed by atoms with Crippen LogP contribution in [-0.2, 0) is 11.3 Å². The third kappa shape index (κ3) is 2.95. The molecule has 4 nitrogen and oxygen atoms in total. The first-order chi connectivity index (χ1) is 9.68. The van der Waals surface area contributed by atoms with Gasteiger partial charge in [0.2, 0.25) is 0 Å². The quantitative estimate of drug-likeness (QED) is 0.856. The molecule has 20 heavy (non-hydrogen) atoms. The molecule has 1 aromatic rings. The van der Waals surface area contributed by atoms with Gasteiger partial charge in [0.05, 0.1) is 28.0 Å². The second kappa shape index (κ2) is 7.05. The molecule has 1 saturated carbocycles. The Kier molecular flexibility index (Phi) is 5.64. The Labute approximate surface area is 130 Å². The van der Waals surface area contributed by atoms with Crippen molar-refractivity contribution in [2.24, 2.45) is 0 Å². The second-order valence-electron chi connectivity index (χ2n) is 5.65. The van der Waals surface area contributed by atoms with Gasteiger partial charge in [0.1, 0.15) is 0 Å². The molecule has 0 amide bonds. The normalized spacial score (nSPS) is 20.0. The van der Waals surface area contributed by atoms with Crippen molar-refractivity contribution in [3.63, 3.8) is 0 Å². The van der Waals surface area contributed by atoms with Gasteiger partial charge in [-0.1, -0.05) is 26.2 Å². The maximum Gasteiger partial charge on any atom is 0.0888 e. The number of rotatable bonds is 6. The molecule has 0 spiro atoms. The van der Waals surface area contributed by atoms with Crippen molar-refractivity contribution >= 4 is 15.9 Å². The van der Waals surface area contributed by atoms with E-state index in [4.69, 9.17) is 4.74 Å². The van der Waals surface area contributed by atoms with Crippen LogP contribution in [0.4, 0.5) is 0 Å². The molecule has 1 heterocycles. The predicted molar refractivity (Wildman–Crippen MR) is 84.8 cm³/mol. The van der Waals surface area contributed by atoms with E-state index in [1.165, 1.54) is 25.0 Å². The molecule has 114 valence electrons. The number of hydrogen-bond acceptors (Lipinski definition) is 3. The minimum Gasteiger partial charge on any atom is -0.376 e. The minimum atomic E-state index is -0.110. The number of nitrogens with one attached hydrogen (secondary N) is 1. The molecule has 0 radical (unpaired) electrons. The van der Waals surface area contributed by atoms with Crippen molar-refractivity contribution < 1.29 is 4.74 Å². The van der Waals surface area contributed by atoms with Gasteiger partial charge in [0, 0.05) is 13.7 Å². The summed E-state index contributed by atoms with van der Waals surface area (Å²) in [5.41, 5.74) is 1.11. The molecule has 1 N–H and O–H groups in total. The second-order valence-corrected chi connectivity index (χ2v) is 6.51. The zero-order valence-electron chi connectivity index (χ0n) is 12.8. The van der Waals surface area contributed by atoms with Crippen LogP contribution in [-0.4, -0.2) is 29.5 Å². The average Bonchev–Trinajstić information content (AvgIpc) is 2.83. The van der Waals surface area contributed by atoms with Gasteiger partial charge in [-0.25, -0.2) is 0 Å². The van der Waals surface area contributed by atoms with Gasteiger partial charge in [0.15, 0.2) is 0 Å². The lowest BCUT2D eigenvalue weighted by Crippen LogP contribution is -2.47. The topological polar surface area (TPSA) is 39.1 Å². The van der Waals surface area contributed by atoms with Crippen LogP contribution >= 0.6 is 15.9 Å². The predicted octanol–water partition coefficient (Wildman–Crippen LogP) is 3.67. The largest absolute Gasteiger partial charge is 0.376 e. The summed E-state index contributed by atoms with van der Waals surface area (Å²) in [5, 5.41) is 8.00. The van der Waals surface area contributed by atoms with Gasteiger partial charge in [-0.3, -0.25) is 4.68 Å². The summed E-state index contributed by atoms with van der Waals surface area (Å²) in [5.74, 6) is 0. The van der Waals surface area contributed by atoms with E-state index in [-0.39, 0.29) is 11.6 Å². The van der Waals surface area contributed by atoms with Gasteiger partial charge in [-0.2, -0.15) is 5.10 Å². The summed E-state index contributed by atoms with van der Waals surface area (Å²) in [4.78, 5) is 0. The highest BCUT2D eigenvalue weighted by molar-refractivity contribution is 9.10. The monoisotopic (exact) mass is 343 g/mol. The highest BCUT2D eigenvalue weighted by Gasteiger charge is 2.42. The van der Waals surface area contributed by atoms with Crippen molar-refractivity contribution in [1.29, 1.82) is 0 Å². The first kappa shape index (κ1) is 16.0. The third-order valence-corrected chi connectivity index (χ3v) is 5.07. The Morgan fingerprint density at radius 2 is 2.15 bits per heavy atom. The maximum atomic E-state index is 6.02. The Morgan fingerprint density at radius 3 is 2.70 bits per heavy atom. The Morgan fingerprint density at radius 1 is 1.45 bits per heavy atom. The Balaban J connectivity index is 2.37. The number of methoxy groups -OCH3 is 1. The van der Waals surface area contributed by atoms with Crippen molar-refractivity contribution in [3.8, 4) is 0 Å². The molecular weight excluding hydrogens is 318 g/mol. The van der Waals surface area contributed by atoms with E-state index in [2.05, 4.69) is 38.0 Å². The first-order valence-corrected chi connectivity index (χ1v) is 8.41. The van der Waals surface area contributed by atoms with Crippen molar-refractivity contribution in [3.05, 3.63) is 16.4 Å². The number of likely N-dealkylation sites (N-methyl/N-ethyl adjacent to an activating group) is 1. The molecule has 1 aliphatic rings. The lowest BCUT2D eigenvalue weighted by Gasteiger charge is -2.42. The molecule has 0 saturated heterocycles. The fraction of sp³-hybridized carbons (Fsp3) is 0.800. The molecular formula is C15H26BrN3O. The van der Waals surface area contributed by atoms with Crippen LogP contribution in [0.25, 0.3) is 0 Å². The number of aromatic nitrogens is 2. The molecule has 2 rings (SSSR count). The van der Waals surface area contributed by atoms with Crippen LogP contribution in [0.3, 0.4) is 0 Å². The summed E-state index contributed by atoms with van der Waals surface area (Å²) in [6.45, 7) is 3.12. The van der Waals surface area contributed by atoms with Crippen LogP contribution in [0, 0.1) is 0 Å². The zero-order valence-corrected chi connectivity index (χ0v) is 14.4. The zero-order chi connectivity index (χ0) is 14.6. The smallest absolute Gasteiger partial charge is 0.0888 e. The van der Waals surface area contributed by atoms with Crippen LogP contribution in [0.15, 0.2) is 10.7 Å². The summed E-state index contributed by atoms with van der Waals surface area (Å²) in [7, 11) is 3.87.